The fourth-order valence-corrected chi connectivity index (χ4v) is 12.6. The van der Waals surface area contributed by atoms with Crippen LogP contribution < -0.4 is 56.2 Å². The summed E-state index contributed by atoms with van der Waals surface area (Å²) in [6.45, 7) is 5.51. The predicted octanol–water partition coefficient (Wildman–Crippen LogP) is -9.50. The predicted molar refractivity (Wildman–Crippen MR) is 388 cm³/mol. The van der Waals surface area contributed by atoms with E-state index in [0.717, 1.165) is 16.5 Å². The molecule has 4 aliphatic rings. The zero-order chi connectivity index (χ0) is 83.4. The minimum Gasteiger partial charge on any atom is -0.547 e. The van der Waals surface area contributed by atoms with Crippen LogP contribution in [-0.4, -0.2) is 372 Å². The summed E-state index contributed by atoms with van der Waals surface area (Å²) >= 11 is 0. The summed E-state index contributed by atoms with van der Waals surface area (Å²) in [5.41, 5.74) is -0.294. The average molecular weight is 1670 g/mol. The minimum atomic E-state index is -2.58. The molecule has 2 saturated heterocycles. The summed E-state index contributed by atoms with van der Waals surface area (Å²) in [5, 5.41) is 150. The molecule has 2 aromatic heterocycles. The summed E-state index contributed by atoms with van der Waals surface area (Å²) < 4.78 is 110. The number of benzene rings is 1. The largest absolute Gasteiger partial charge is 1.00 e. The molecule has 5 heterocycles. The first-order valence-electron chi connectivity index (χ1n) is 38.0. The number of fused-ring (bicyclic) bond motifs is 4. The van der Waals surface area contributed by atoms with E-state index in [1.165, 1.54) is 37.8 Å². The summed E-state index contributed by atoms with van der Waals surface area (Å²) in [7, 11) is 2.85. The third-order valence-corrected chi connectivity index (χ3v) is 19.2. The van der Waals surface area contributed by atoms with Crippen LogP contribution in [-0.2, 0) is 120 Å². The number of ether oxygens (including phenoxy) is 17. The van der Waals surface area contributed by atoms with E-state index in [1.54, 1.807) is 13.8 Å². The van der Waals surface area contributed by atoms with Gasteiger partial charge in [-0.1, -0.05) is 20.8 Å². The van der Waals surface area contributed by atoms with Gasteiger partial charge in [0.15, 0.2) is 31.5 Å². The Labute approximate surface area is 686 Å². The van der Waals surface area contributed by atoms with E-state index in [4.69, 9.17) is 95.7 Å². The summed E-state index contributed by atoms with van der Waals surface area (Å²) in [6.07, 6.45) is -16.3. The third kappa shape index (κ3) is 29.8. The average Bonchev–Trinajstić information content (AvgIpc) is 1.60. The van der Waals surface area contributed by atoms with Gasteiger partial charge in [-0.05, 0) is 61.8 Å². The molecule has 0 bridgehead atoms. The molecule has 0 saturated carbocycles. The molecule has 3 aromatic rings. The van der Waals surface area contributed by atoms with Crippen molar-refractivity contribution in [1.29, 1.82) is 0 Å². The number of carbonyl (C=O) groups is 3. The van der Waals surface area contributed by atoms with Crippen molar-refractivity contribution in [3.05, 3.63) is 61.7 Å². The molecular weight excluding hydrogens is 1550 g/mol. The van der Waals surface area contributed by atoms with Gasteiger partial charge in [0.1, 0.15) is 79.6 Å². The number of aryl methyl sites for hydroxylation is 1. The molecule has 1 aliphatic carbocycles. The maximum absolute atomic E-state index is 15.4. The Morgan fingerprint density at radius 3 is 1.58 bits per heavy atom. The van der Waals surface area contributed by atoms with Crippen LogP contribution in [0.3, 0.4) is 0 Å². The van der Waals surface area contributed by atoms with Gasteiger partial charge < -0.3 is 177 Å². The van der Waals surface area contributed by atoms with Gasteiger partial charge in [0.05, 0.1) is 180 Å². The van der Waals surface area contributed by atoms with Crippen LogP contribution >= 0.6 is 0 Å². The minimum absolute atomic E-state index is 0. The Morgan fingerprint density at radius 2 is 1.10 bits per heavy atom. The zero-order valence-corrected chi connectivity index (χ0v) is 68.2. The van der Waals surface area contributed by atoms with Crippen molar-refractivity contribution in [2.24, 2.45) is 0 Å². The number of aliphatic carboxylic acids is 1. The number of methoxy groups -OCH3 is 2. The van der Waals surface area contributed by atoms with Gasteiger partial charge in [-0.15, -0.1) is 0 Å². The molecule has 1 aromatic carbocycles. The molecule has 16 N–H and O–H groups in total. The van der Waals surface area contributed by atoms with Crippen LogP contribution in [0.1, 0.15) is 85.9 Å². The van der Waals surface area contributed by atoms with Crippen molar-refractivity contribution in [2.75, 3.05) is 179 Å². The van der Waals surface area contributed by atoms with Crippen molar-refractivity contribution in [3.63, 3.8) is 0 Å². The van der Waals surface area contributed by atoms with Crippen LogP contribution in [0.5, 0.6) is 0 Å². The Hall–Kier alpha value is -4.32. The molecule has 652 valence electrons. The molecule has 0 radical (unpaired) electrons. The van der Waals surface area contributed by atoms with Gasteiger partial charge in [-0.3, -0.25) is 14.4 Å². The Bertz CT molecular complexity index is 3390. The maximum atomic E-state index is 15.4. The number of halogens is 1. The number of aliphatic hydroxyl groups is 13. The molecule has 115 heavy (non-hydrogen) atoms. The van der Waals surface area contributed by atoms with Gasteiger partial charge in [0.2, 0.25) is 11.8 Å². The van der Waals surface area contributed by atoms with Gasteiger partial charge in [-0.25, -0.2) is 9.37 Å². The van der Waals surface area contributed by atoms with E-state index in [-0.39, 0.29) is 216 Å². The van der Waals surface area contributed by atoms with Gasteiger partial charge in [0.25, 0.3) is 5.56 Å². The zero-order valence-electron chi connectivity index (χ0n) is 66.2. The summed E-state index contributed by atoms with van der Waals surface area (Å²) in [5.74, 6) is -3.06. The van der Waals surface area contributed by atoms with Crippen molar-refractivity contribution in [2.45, 2.75) is 183 Å². The number of carbonyl (C=O) groups excluding carboxylic acids is 3. The number of aliphatic hydroxyl groups excluding tert-OH is 12. The van der Waals surface area contributed by atoms with Crippen LogP contribution in [0, 0.1) is 12.7 Å². The van der Waals surface area contributed by atoms with Crippen LogP contribution in [0.15, 0.2) is 16.9 Å². The Kier molecular flexibility index (Phi) is 47.1. The number of aromatic nitrogens is 2. The number of nitrogens with zero attached hydrogens (tertiary/aromatic N) is 2. The number of pyridine rings is 2. The first-order chi connectivity index (χ1) is 54.9. The molecular formula is C73H117FN5NaO35. The van der Waals surface area contributed by atoms with Crippen molar-refractivity contribution < 1.29 is 200 Å². The summed E-state index contributed by atoms with van der Waals surface area (Å²) in [6, 6.07) is 2.35. The first-order valence-corrected chi connectivity index (χ1v) is 38.0. The van der Waals surface area contributed by atoms with E-state index in [9.17, 15) is 80.5 Å². The van der Waals surface area contributed by atoms with Gasteiger partial charge in [-0.2, -0.15) is 0 Å². The van der Waals surface area contributed by atoms with Crippen molar-refractivity contribution in [1.82, 2.24) is 25.5 Å². The van der Waals surface area contributed by atoms with Crippen LogP contribution in [0.25, 0.3) is 22.3 Å². The number of rotatable bonds is 56. The molecule has 18 atom stereocenters. The Balaban J connectivity index is 0.000000550. The molecule has 3 aliphatic heterocycles. The van der Waals surface area contributed by atoms with Crippen LogP contribution in [0.2, 0.25) is 0 Å². The standard InChI is InChI=1S/C52H77FN4O22.C21H41NO13.Na/c1-5-29(20-58)77-42(27-74-25-40(62)55-10-11-71-13-14-72-15-16-75-50-48(65)47(64)46(63)39(23-61)79-50)76-24-30(21-59)78-41(70-4)26-73-12-9-54-36-8-7-31-28(3)35(53)18-37-43(31)44(36)32-19-57-38(45(32)56-37)17-34(33(22-60)49(57)66)52(69,6-2)51(67)68;1-3-14(10-23)34-17(29-2)13-32-12-16(25)22-4-5-30-6-7-31-8-9-33-21-20(28)19(27)18(26)15(11-24)35-21;/h17-18,29-30,36,39,41-42,46-48,50,54,58-61,63-65,69H,5-16,19-27H2,1-4H3,(H,55,62)(H,67,68);14-15,17-21,23-24,26-28H,3-13H2,1-2H3,(H,22,25);/q;;+1/p-1/t29?,30?,36-,39?,41?,42?,46?,47?,48?,50?,52-;;/m0../s1. The van der Waals surface area contributed by atoms with E-state index in [0.29, 0.717) is 54.6 Å². The normalized spacial score (nSPS) is 23.2. The van der Waals surface area contributed by atoms with Gasteiger partial charge in [0, 0.05) is 68.0 Å². The second-order valence-electron chi connectivity index (χ2n) is 26.8. The van der Waals surface area contributed by atoms with E-state index in [2.05, 4.69) is 16.0 Å². The van der Waals surface area contributed by atoms with Crippen LogP contribution in [0.4, 0.5) is 4.39 Å². The first kappa shape index (κ1) is 101. The Morgan fingerprint density at radius 1 is 0.626 bits per heavy atom. The maximum Gasteiger partial charge on any atom is 1.00 e. The topological polar surface area (TPSA) is 565 Å². The smallest absolute Gasteiger partial charge is 0.547 e. The number of carboxylic acids is 1. The fourth-order valence-electron chi connectivity index (χ4n) is 12.6. The van der Waals surface area contributed by atoms with Crippen molar-refractivity contribution in [3.8, 4) is 11.4 Å². The number of nitrogens with one attached hydrogen (secondary N) is 3. The van der Waals surface area contributed by atoms with Gasteiger partial charge >= 0.3 is 29.6 Å². The molecule has 16 unspecified atom stereocenters. The number of hydrogen-bond donors (Lipinski definition) is 16. The van der Waals surface area contributed by atoms with E-state index in [1.807, 2.05) is 6.92 Å². The second-order valence-corrected chi connectivity index (χ2v) is 26.8. The molecule has 40 nitrogen and oxygen atoms in total. The molecule has 2 amide bonds. The van der Waals surface area contributed by atoms with E-state index >= 15 is 4.39 Å². The number of carboxylic acid groups (broad SMARTS) is 1. The molecule has 42 heteroatoms. The quantitative estimate of drug-likeness (QED) is 0.0111. The SMILES string of the molecule is CCC(CO)OC(COCC(=O)NCCOCCOCCOC1OC(CO)C(O)C(O)C1O)OC.CCC(CO)OC(COCC(=O)NCCOCCOCCOC1OC(CO)C(O)C(O)C1O)OCC(CO)OC(COCCN[C@H]1CCc2c(C)c(F)cc3nc4c(c1c23)Cn1c-4cc([C@@](O)(CC)C(=O)[O-])c(CO)c1=O)OC.[Na+]. The third-order valence-electron chi connectivity index (χ3n) is 19.2. The fraction of sp³-hybridized carbons (Fsp3) is 0.767. The second kappa shape index (κ2) is 53.5. The molecule has 2 fully saturated rings. The summed E-state index contributed by atoms with van der Waals surface area (Å²) in [4.78, 5) is 55.2. The monoisotopic (exact) mass is 1670 g/mol. The van der Waals surface area contributed by atoms with E-state index < -0.39 is 148 Å². The van der Waals surface area contributed by atoms with Crippen molar-refractivity contribution >= 4 is 28.7 Å². The molecule has 7 rings (SSSR count). The number of amides is 2. The molecule has 0 spiro atoms. The number of hydrogen-bond acceptors (Lipinski definition) is 37.